The van der Waals surface area contributed by atoms with Gasteiger partial charge in [0.1, 0.15) is 22.8 Å². The van der Waals surface area contributed by atoms with Gasteiger partial charge < -0.3 is 13.7 Å². The van der Waals surface area contributed by atoms with Gasteiger partial charge in [-0.1, -0.05) is 18.2 Å². The summed E-state index contributed by atoms with van der Waals surface area (Å²) in [6, 6.07) is 15.0. The van der Waals surface area contributed by atoms with Gasteiger partial charge in [0.2, 0.25) is 0 Å². The monoisotopic (exact) mass is 373 g/mol. The Morgan fingerprint density at radius 1 is 0.962 bits per heavy atom. The summed E-state index contributed by atoms with van der Waals surface area (Å²) < 4.78 is 40.9. The van der Waals surface area contributed by atoms with E-state index in [2.05, 4.69) is 4.98 Å². The number of rotatable bonds is 7. The molecule has 0 bridgehead atoms. The van der Waals surface area contributed by atoms with E-state index in [-0.39, 0.29) is 10.6 Å². The maximum Gasteiger partial charge on any atom is 0.339 e. The minimum atomic E-state index is -3.98. The summed E-state index contributed by atoms with van der Waals surface area (Å²) in [6.07, 6.45) is 0. The third-order valence-electron chi connectivity index (χ3n) is 3.69. The van der Waals surface area contributed by atoms with E-state index in [0.29, 0.717) is 24.5 Å². The number of ether oxygens (including phenoxy) is 2. The third-order valence-corrected chi connectivity index (χ3v) is 4.94. The fourth-order valence-corrected chi connectivity index (χ4v) is 3.33. The van der Waals surface area contributed by atoms with Crippen molar-refractivity contribution in [2.45, 2.75) is 11.8 Å². The van der Waals surface area contributed by atoms with Crippen LogP contribution in [0.1, 0.15) is 5.69 Å². The van der Waals surface area contributed by atoms with Crippen LogP contribution in [0.15, 0.2) is 59.5 Å². The molecule has 0 unspecified atom stereocenters. The van der Waals surface area contributed by atoms with Gasteiger partial charge in [-0.3, -0.25) is 0 Å². The lowest BCUT2D eigenvalue weighted by Crippen LogP contribution is -2.10. The summed E-state index contributed by atoms with van der Waals surface area (Å²) in [6.45, 7) is 2.68. The van der Waals surface area contributed by atoms with Crippen molar-refractivity contribution >= 4 is 21.0 Å². The molecule has 0 aliphatic heterocycles. The molecule has 1 heterocycles. The van der Waals surface area contributed by atoms with Crippen LogP contribution in [0.25, 0.3) is 10.9 Å². The van der Waals surface area contributed by atoms with Crippen molar-refractivity contribution in [3.63, 3.8) is 0 Å². The lowest BCUT2D eigenvalue weighted by molar-refractivity contribution is 0.146. The number of hydrogen-bond acceptors (Lipinski definition) is 6. The van der Waals surface area contributed by atoms with Gasteiger partial charge in [0.05, 0.1) is 6.61 Å². The number of pyridine rings is 1. The second kappa shape index (κ2) is 7.72. The van der Waals surface area contributed by atoms with Crippen LogP contribution >= 0.6 is 0 Å². The first-order valence-corrected chi connectivity index (χ1v) is 9.43. The predicted molar refractivity (Wildman–Crippen MR) is 98.1 cm³/mol. The topological polar surface area (TPSA) is 74.7 Å². The number of methoxy groups -OCH3 is 1. The zero-order valence-corrected chi connectivity index (χ0v) is 15.3. The van der Waals surface area contributed by atoms with Crippen molar-refractivity contribution in [2.24, 2.45) is 0 Å². The normalized spacial score (nSPS) is 11.5. The molecule has 0 saturated carbocycles. The Balaban J connectivity index is 1.84. The third kappa shape index (κ3) is 4.12. The van der Waals surface area contributed by atoms with Gasteiger partial charge in [0, 0.05) is 18.2 Å². The Kier molecular flexibility index (Phi) is 5.39. The van der Waals surface area contributed by atoms with Crippen molar-refractivity contribution in [1.29, 1.82) is 0 Å². The number of hydrogen-bond donors (Lipinski definition) is 0. The molecule has 0 fully saturated rings. The predicted octanol–water partition coefficient (Wildman–Crippen LogP) is 3.34. The molecular weight excluding hydrogens is 354 g/mol. The molecule has 0 saturated heterocycles. The highest BCUT2D eigenvalue weighted by atomic mass is 32.2. The van der Waals surface area contributed by atoms with Gasteiger partial charge in [0.15, 0.2) is 5.75 Å². The van der Waals surface area contributed by atoms with Crippen molar-refractivity contribution < 1.29 is 22.1 Å². The Bertz CT molecular complexity index is 1000. The fraction of sp³-hybridized carbons (Fsp3) is 0.211. The first kappa shape index (κ1) is 18.2. The lowest BCUT2D eigenvalue weighted by atomic mass is 10.2. The summed E-state index contributed by atoms with van der Waals surface area (Å²) in [5, 5.41) is 0.810. The number of nitrogens with zero attached hydrogens (tertiary/aromatic N) is 1. The van der Waals surface area contributed by atoms with Crippen molar-refractivity contribution in [1.82, 2.24) is 4.98 Å². The van der Waals surface area contributed by atoms with Gasteiger partial charge in [-0.15, -0.1) is 0 Å². The van der Waals surface area contributed by atoms with Crippen LogP contribution in [0.5, 0.6) is 11.5 Å². The maximum atomic E-state index is 12.6. The fourth-order valence-electron chi connectivity index (χ4n) is 2.40. The summed E-state index contributed by atoms with van der Waals surface area (Å²) in [4.78, 5) is 4.43. The molecule has 2 aromatic carbocycles. The molecule has 1 aromatic heterocycles. The molecule has 3 rings (SSSR count). The van der Waals surface area contributed by atoms with Gasteiger partial charge >= 0.3 is 10.1 Å². The Morgan fingerprint density at radius 3 is 2.46 bits per heavy atom. The van der Waals surface area contributed by atoms with Gasteiger partial charge in [-0.05, 0) is 43.3 Å². The van der Waals surface area contributed by atoms with E-state index in [1.165, 1.54) is 12.1 Å². The molecular formula is C19H19NO5S. The molecule has 7 heteroatoms. The largest absolute Gasteiger partial charge is 0.491 e. The van der Waals surface area contributed by atoms with E-state index >= 15 is 0 Å². The first-order valence-electron chi connectivity index (χ1n) is 8.02. The molecule has 6 nitrogen and oxygen atoms in total. The molecule has 0 amide bonds. The standard InChI is InChI=1S/C19H19NO5S/c1-14-6-7-15-4-3-5-18(19(15)20-14)25-26(21,22)17-10-8-16(9-11-17)24-13-12-23-2/h3-11H,12-13H2,1-2H3. The molecule has 0 atom stereocenters. The summed E-state index contributed by atoms with van der Waals surface area (Å²) in [5.41, 5.74) is 1.29. The Hall–Kier alpha value is -2.64. The van der Waals surface area contributed by atoms with E-state index in [4.69, 9.17) is 13.7 Å². The number of aryl methyl sites for hydroxylation is 1. The second-order valence-electron chi connectivity index (χ2n) is 5.63. The number of para-hydroxylation sites is 1. The molecule has 136 valence electrons. The van der Waals surface area contributed by atoms with E-state index in [1.54, 1.807) is 31.4 Å². The average molecular weight is 373 g/mol. The van der Waals surface area contributed by atoms with Gasteiger partial charge in [-0.25, -0.2) is 4.98 Å². The highest BCUT2D eigenvalue weighted by Crippen LogP contribution is 2.27. The maximum absolute atomic E-state index is 12.6. The van der Waals surface area contributed by atoms with Crippen molar-refractivity contribution in [2.75, 3.05) is 20.3 Å². The summed E-state index contributed by atoms with van der Waals surface area (Å²) >= 11 is 0. The molecule has 0 N–H and O–H groups in total. The van der Waals surface area contributed by atoms with Crippen LogP contribution in [0.4, 0.5) is 0 Å². The second-order valence-corrected chi connectivity index (χ2v) is 7.18. The smallest absolute Gasteiger partial charge is 0.339 e. The SMILES string of the molecule is COCCOc1ccc(S(=O)(=O)Oc2cccc3ccc(C)nc23)cc1. The van der Waals surface area contributed by atoms with E-state index in [0.717, 1.165) is 11.1 Å². The Morgan fingerprint density at radius 2 is 1.73 bits per heavy atom. The molecule has 0 aliphatic carbocycles. The summed E-state index contributed by atoms with van der Waals surface area (Å²) in [5.74, 6) is 0.759. The number of fused-ring (bicyclic) bond motifs is 1. The van der Waals surface area contributed by atoms with Crippen molar-refractivity contribution in [3.05, 3.63) is 60.3 Å². The highest BCUT2D eigenvalue weighted by molar-refractivity contribution is 7.87. The quantitative estimate of drug-likeness (QED) is 0.467. The summed E-state index contributed by atoms with van der Waals surface area (Å²) in [7, 11) is -2.40. The number of benzene rings is 2. The molecule has 0 radical (unpaired) electrons. The van der Waals surface area contributed by atoms with Crippen LogP contribution in [0.3, 0.4) is 0 Å². The van der Waals surface area contributed by atoms with Crippen LogP contribution in [-0.4, -0.2) is 33.7 Å². The van der Waals surface area contributed by atoms with Crippen LogP contribution in [0.2, 0.25) is 0 Å². The average Bonchev–Trinajstić information content (AvgIpc) is 2.63. The molecule has 26 heavy (non-hydrogen) atoms. The first-order chi connectivity index (χ1) is 12.5. The highest BCUT2D eigenvalue weighted by Gasteiger charge is 2.18. The van der Waals surface area contributed by atoms with Crippen LogP contribution < -0.4 is 8.92 Å². The minimum Gasteiger partial charge on any atom is -0.491 e. The van der Waals surface area contributed by atoms with Crippen molar-refractivity contribution in [3.8, 4) is 11.5 Å². The zero-order valence-electron chi connectivity index (χ0n) is 14.5. The van der Waals surface area contributed by atoms with E-state index < -0.39 is 10.1 Å². The van der Waals surface area contributed by atoms with E-state index in [9.17, 15) is 8.42 Å². The lowest BCUT2D eigenvalue weighted by Gasteiger charge is -2.10. The minimum absolute atomic E-state index is 0.0428. The zero-order chi connectivity index (χ0) is 18.6. The molecule has 3 aromatic rings. The van der Waals surface area contributed by atoms with Crippen LogP contribution in [-0.2, 0) is 14.9 Å². The molecule has 0 aliphatic rings. The number of aromatic nitrogens is 1. The van der Waals surface area contributed by atoms with Gasteiger partial charge in [-0.2, -0.15) is 8.42 Å². The van der Waals surface area contributed by atoms with Gasteiger partial charge in [0.25, 0.3) is 0 Å². The molecule has 0 spiro atoms. The Labute approximate surface area is 152 Å². The van der Waals surface area contributed by atoms with E-state index in [1.807, 2.05) is 25.1 Å². The van der Waals surface area contributed by atoms with Crippen LogP contribution in [0, 0.1) is 6.92 Å².